The molecular weight excluding hydrogens is 403 g/mol. The van der Waals surface area contributed by atoms with E-state index in [1.807, 2.05) is 0 Å². The van der Waals surface area contributed by atoms with E-state index < -0.39 is 30.4 Å². The smallest absolute Gasteiger partial charge is 0.411 e. The number of anilines is 1. The molecule has 0 heterocycles. The molecule has 0 fully saturated rings. The second kappa shape index (κ2) is 10.4. The standard InChI is InChI=1S/C20H20ClFN2O5/c1-3-28-20(27)23-14-9-7-13(8-10-14)19(26)29-12-18(25)24(2)11-15-16(21)5-4-6-17(15)22/h4-10H,3,11-12H2,1-2H3,(H,23,27). The number of benzene rings is 2. The summed E-state index contributed by atoms with van der Waals surface area (Å²) >= 11 is 5.95. The van der Waals surface area contributed by atoms with Gasteiger partial charge in [-0.15, -0.1) is 0 Å². The van der Waals surface area contributed by atoms with Gasteiger partial charge in [-0.05, 0) is 43.3 Å². The summed E-state index contributed by atoms with van der Waals surface area (Å²) in [6, 6.07) is 10.1. The molecule has 2 rings (SSSR count). The highest BCUT2D eigenvalue weighted by Gasteiger charge is 2.17. The summed E-state index contributed by atoms with van der Waals surface area (Å²) in [5.41, 5.74) is 0.825. The van der Waals surface area contributed by atoms with Crippen LogP contribution in [0.4, 0.5) is 14.9 Å². The Labute approximate surface area is 172 Å². The summed E-state index contributed by atoms with van der Waals surface area (Å²) in [5.74, 6) is -1.75. The number of rotatable bonds is 7. The minimum Gasteiger partial charge on any atom is -0.452 e. The Morgan fingerprint density at radius 3 is 2.41 bits per heavy atom. The normalized spacial score (nSPS) is 10.2. The van der Waals surface area contributed by atoms with E-state index in [9.17, 15) is 18.8 Å². The third kappa shape index (κ3) is 6.46. The van der Waals surface area contributed by atoms with Crippen LogP contribution in [-0.4, -0.2) is 43.1 Å². The molecule has 0 atom stereocenters. The van der Waals surface area contributed by atoms with Crippen molar-refractivity contribution in [3.05, 3.63) is 64.4 Å². The highest BCUT2D eigenvalue weighted by Crippen LogP contribution is 2.20. The Morgan fingerprint density at radius 1 is 1.10 bits per heavy atom. The maximum absolute atomic E-state index is 13.8. The number of ether oxygens (including phenoxy) is 2. The van der Waals surface area contributed by atoms with Gasteiger partial charge in [0, 0.05) is 29.9 Å². The molecule has 9 heteroatoms. The Hall–Kier alpha value is -3.13. The summed E-state index contributed by atoms with van der Waals surface area (Å²) in [6.07, 6.45) is -0.605. The van der Waals surface area contributed by atoms with E-state index in [1.165, 1.54) is 54.4 Å². The topological polar surface area (TPSA) is 84.9 Å². The molecule has 0 bridgehead atoms. The van der Waals surface area contributed by atoms with Crippen LogP contribution in [0.25, 0.3) is 0 Å². The quantitative estimate of drug-likeness (QED) is 0.685. The molecule has 0 saturated heterocycles. The van der Waals surface area contributed by atoms with Crippen LogP contribution < -0.4 is 5.32 Å². The lowest BCUT2D eigenvalue weighted by molar-refractivity contribution is -0.133. The van der Waals surface area contributed by atoms with Crippen LogP contribution in [0.5, 0.6) is 0 Å². The fourth-order valence-electron chi connectivity index (χ4n) is 2.30. The van der Waals surface area contributed by atoms with Crippen molar-refractivity contribution in [1.29, 1.82) is 0 Å². The monoisotopic (exact) mass is 422 g/mol. The van der Waals surface area contributed by atoms with Crippen molar-refractivity contribution in [3.8, 4) is 0 Å². The van der Waals surface area contributed by atoms with Crippen molar-refractivity contribution in [1.82, 2.24) is 4.90 Å². The van der Waals surface area contributed by atoms with Crippen LogP contribution in [0.2, 0.25) is 5.02 Å². The minimum atomic E-state index is -0.710. The predicted octanol–water partition coefficient (Wildman–Crippen LogP) is 3.86. The fourth-order valence-corrected chi connectivity index (χ4v) is 2.53. The van der Waals surface area contributed by atoms with Gasteiger partial charge in [0.15, 0.2) is 6.61 Å². The van der Waals surface area contributed by atoms with Gasteiger partial charge in [-0.3, -0.25) is 10.1 Å². The lowest BCUT2D eigenvalue weighted by Gasteiger charge is -2.18. The highest BCUT2D eigenvalue weighted by atomic mass is 35.5. The fraction of sp³-hybridized carbons (Fsp3) is 0.250. The largest absolute Gasteiger partial charge is 0.452 e. The summed E-state index contributed by atoms with van der Waals surface area (Å²) < 4.78 is 23.6. The van der Waals surface area contributed by atoms with Crippen molar-refractivity contribution in [2.24, 2.45) is 0 Å². The van der Waals surface area contributed by atoms with Gasteiger partial charge in [0.05, 0.1) is 12.2 Å². The van der Waals surface area contributed by atoms with E-state index in [0.717, 1.165) is 0 Å². The number of nitrogens with zero attached hydrogens (tertiary/aromatic N) is 1. The predicted molar refractivity (Wildman–Crippen MR) is 105 cm³/mol. The second-order valence-electron chi connectivity index (χ2n) is 5.95. The van der Waals surface area contributed by atoms with Gasteiger partial charge in [-0.1, -0.05) is 17.7 Å². The molecule has 154 valence electrons. The van der Waals surface area contributed by atoms with Gasteiger partial charge in [-0.2, -0.15) is 0 Å². The number of carbonyl (C=O) groups is 3. The Kier molecular flexibility index (Phi) is 7.97. The first-order chi connectivity index (χ1) is 13.8. The summed E-state index contributed by atoms with van der Waals surface area (Å²) in [5, 5.41) is 2.70. The van der Waals surface area contributed by atoms with Crippen molar-refractivity contribution >= 4 is 35.3 Å². The molecule has 0 aliphatic carbocycles. The molecule has 2 aromatic carbocycles. The molecule has 0 unspecified atom stereocenters. The van der Waals surface area contributed by atoms with Crippen LogP contribution in [0.15, 0.2) is 42.5 Å². The van der Waals surface area contributed by atoms with E-state index in [1.54, 1.807) is 6.92 Å². The SMILES string of the molecule is CCOC(=O)Nc1ccc(C(=O)OCC(=O)N(C)Cc2c(F)cccc2Cl)cc1. The number of nitrogens with one attached hydrogen (secondary N) is 1. The molecule has 7 nitrogen and oxygen atoms in total. The van der Waals surface area contributed by atoms with Crippen LogP contribution in [0.1, 0.15) is 22.8 Å². The third-order valence-corrected chi connectivity index (χ3v) is 4.21. The van der Waals surface area contributed by atoms with Gasteiger partial charge in [0.2, 0.25) is 0 Å². The number of esters is 1. The van der Waals surface area contributed by atoms with Crippen molar-refractivity contribution < 1.29 is 28.2 Å². The molecule has 0 aliphatic heterocycles. The van der Waals surface area contributed by atoms with Crippen LogP contribution in [0, 0.1) is 5.82 Å². The molecule has 0 aliphatic rings. The molecule has 0 spiro atoms. The molecule has 0 radical (unpaired) electrons. The summed E-state index contributed by atoms with van der Waals surface area (Å²) in [7, 11) is 1.45. The highest BCUT2D eigenvalue weighted by molar-refractivity contribution is 6.31. The number of likely N-dealkylation sites (N-methyl/N-ethyl adjacent to an activating group) is 1. The van der Waals surface area contributed by atoms with Crippen molar-refractivity contribution in [2.45, 2.75) is 13.5 Å². The van der Waals surface area contributed by atoms with Crippen molar-refractivity contribution in [2.75, 3.05) is 25.6 Å². The Balaban J connectivity index is 1.87. The van der Waals surface area contributed by atoms with Gasteiger partial charge in [0.1, 0.15) is 5.82 Å². The maximum atomic E-state index is 13.8. The van der Waals surface area contributed by atoms with Crippen LogP contribution in [0.3, 0.4) is 0 Å². The van der Waals surface area contributed by atoms with Gasteiger partial charge in [-0.25, -0.2) is 14.0 Å². The molecule has 1 N–H and O–H groups in total. The lowest BCUT2D eigenvalue weighted by Crippen LogP contribution is -2.31. The first-order valence-corrected chi connectivity index (χ1v) is 9.07. The number of hydrogen-bond donors (Lipinski definition) is 1. The molecule has 29 heavy (non-hydrogen) atoms. The Morgan fingerprint density at radius 2 is 1.79 bits per heavy atom. The zero-order valence-electron chi connectivity index (χ0n) is 15.9. The first kappa shape index (κ1) is 22.2. The lowest BCUT2D eigenvalue weighted by atomic mass is 10.2. The zero-order valence-corrected chi connectivity index (χ0v) is 16.7. The molecule has 0 saturated carbocycles. The van der Waals surface area contributed by atoms with E-state index in [2.05, 4.69) is 5.32 Å². The minimum absolute atomic E-state index is 0.0594. The summed E-state index contributed by atoms with van der Waals surface area (Å²) in [6.45, 7) is 1.35. The number of hydrogen-bond acceptors (Lipinski definition) is 5. The summed E-state index contributed by atoms with van der Waals surface area (Å²) in [4.78, 5) is 36.8. The maximum Gasteiger partial charge on any atom is 0.411 e. The Bertz CT molecular complexity index is 869. The number of carbonyl (C=O) groups excluding carboxylic acids is 3. The van der Waals surface area contributed by atoms with E-state index >= 15 is 0 Å². The first-order valence-electron chi connectivity index (χ1n) is 8.69. The van der Waals surface area contributed by atoms with Crippen molar-refractivity contribution in [3.63, 3.8) is 0 Å². The van der Waals surface area contributed by atoms with Crippen LogP contribution >= 0.6 is 11.6 Å². The van der Waals surface area contributed by atoms with E-state index in [0.29, 0.717) is 5.69 Å². The van der Waals surface area contributed by atoms with Gasteiger partial charge < -0.3 is 14.4 Å². The van der Waals surface area contributed by atoms with Crippen LogP contribution in [-0.2, 0) is 20.8 Å². The average molecular weight is 423 g/mol. The number of halogens is 2. The van der Waals surface area contributed by atoms with Gasteiger partial charge >= 0.3 is 12.1 Å². The second-order valence-corrected chi connectivity index (χ2v) is 6.36. The molecule has 0 aromatic heterocycles. The molecular formula is C20H20ClFN2O5. The third-order valence-electron chi connectivity index (χ3n) is 3.85. The average Bonchev–Trinajstić information content (AvgIpc) is 2.69. The molecule has 2 amide bonds. The van der Waals surface area contributed by atoms with Gasteiger partial charge in [0.25, 0.3) is 5.91 Å². The number of amides is 2. The molecule has 2 aromatic rings. The van der Waals surface area contributed by atoms with E-state index in [4.69, 9.17) is 21.1 Å². The van der Waals surface area contributed by atoms with E-state index in [-0.39, 0.29) is 29.3 Å². The zero-order chi connectivity index (χ0) is 21.4.